The van der Waals surface area contributed by atoms with E-state index in [0.717, 1.165) is 27.4 Å². The van der Waals surface area contributed by atoms with Gasteiger partial charge in [0.15, 0.2) is 0 Å². The van der Waals surface area contributed by atoms with E-state index in [0.29, 0.717) is 18.7 Å². The highest BCUT2D eigenvalue weighted by Gasteiger charge is 2.11. The van der Waals surface area contributed by atoms with Crippen LogP contribution in [0.25, 0.3) is 32.6 Å². The van der Waals surface area contributed by atoms with Gasteiger partial charge in [-0.25, -0.2) is 5.43 Å². The fourth-order valence-corrected chi connectivity index (χ4v) is 4.27. The first-order valence-electron chi connectivity index (χ1n) is 10.6. The van der Waals surface area contributed by atoms with Crippen molar-refractivity contribution in [1.29, 1.82) is 0 Å². The summed E-state index contributed by atoms with van der Waals surface area (Å²) in [4.78, 5) is 12.5. The summed E-state index contributed by atoms with van der Waals surface area (Å²) in [6.45, 7) is 0.576. The van der Waals surface area contributed by atoms with Gasteiger partial charge in [0.05, 0.1) is 13.3 Å². The van der Waals surface area contributed by atoms with Crippen LogP contribution in [0, 0.1) is 0 Å². The average Bonchev–Trinajstić information content (AvgIpc) is 3.16. The summed E-state index contributed by atoms with van der Waals surface area (Å²) in [5, 5.41) is 8.72. The summed E-state index contributed by atoms with van der Waals surface area (Å²) in [5.74, 6) is 0.578. The first-order chi connectivity index (χ1) is 15.8. The summed E-state index contributed by atoms with van der Waals surface area (Å²) < 4.78 is 7.68. The van der Waals surface area contributed by atoms with Crippen LogP contribution in [0.2, 0.25) is 0 Å². The van der Waals surface area contributed by atoms with Gasteiger partial charge in [-0.3, -0.25) is 4.79 Å². The molecular formula is C27H23N3O2. The Bertz CT molecular complexity index is 1410. The van der Waals surface area contributed by atoms with E-state index in [-0.39, 0.29) is 5.91 Å². The molecule has 0 bridgehead atoms. The topological polar surface area (TPSA) is 55.6 Å². The predicted molar refractivity (Wildman–Crippen MR) is 130 cm³/mol. The SMILES string of the molecule is COc1ccc2ccccc2c1/C=N\NC(=O)CCn1c2ccccc2c2ccccc21. The van der Waals surface area contributed by atoms with E-state index in [1.165, 1.54) is 10.8 Å². The number of aryl methyl sites for hydroxylation is 1. The van der Waals surface area contributed by atoms with Crippen LogP contribution in [0.1, 0.15) is 12.0 Å². The summed E-state index contributed by atoms with van der Waals surface area (Å²) >= 11 is 0. The fourth-order valence-electron chi connectivity index (χ4n) is 4.27. The molecule has 5 rings (SSSR count). The molecule has 0 unspecified atom stereocenters. The zero-order valence-corrected chi connectivity index (χ0v) is 17.8. The number of para-hydroxylation sites is 2. The van der Waals surface area contributed by atoms with Crippen LogP contribution >= 0.6 is 0 Å². The monoisotopic (exact) mass is 421 g/mol. The van der Waals surface area contributed by atoms with E-state index >= 15 is 0 Å². The van der Waals surface area contributed by atoms with Crippen molar-refractivity contribution >= 4 is 44.7 Å². The van der Waals surface area contributed by atoms with E-state index in [9.17, 15) is 4.79 Å². The Labute approximate surface area is 185 Å². The lowest BCUT2D eigenvalue weighted by Crippen LogP contribution is -2.19. The Balaban J connectivity index is 1.34. The number of hydrazone groups is 1. The van der Waals surface area contributed by atoms with Crippen molar-refractivity contribution in [3.8, 4) is 5.75 Å². The predicted octanol–water partition coefficient (Wildman–Crippen LogP) is 5.50. The van der Waals surface area contributed by atoms with Crippen molar-refractivity contribution in [3.05, 3.63) is 90.5 Å². The van der Waals surface area contributed by atoms with Crippen LogP contribution in [0.5, 0.6) is 5.75 Å². The average molecular weight is 422 g/mol. The quantitative estimate of drug-likeness (QED) is 0.291. The van der Waals surface area contributed by atoms with Gasteiger partial charge in [-0.15, -0.1) is 0 Å². The van der Waals surface area contributed by atoms with E-state index in [2.05, 4.69) is 39.4 Å². The molecule has 5 heteroatoms. The van der Waals surface area contributed by atoms with Gasteiger partial charge in [-0.1, -0.05) is 66.7 Å². The van der Waals surface area contributed by atoms with Crippen molar-refractivity contribution in [2.75, 3.05) is 7.11 Å². The minimum absolute atomic E-state index is 0.137. The third kappa shape index (κ3) is 3.58. The van der Waals surface area contributed by atoms with Gasteiger partial charge in [0.2, 0.25) is 5.91 Å². The lowest BCUT2D eigenvalue weighted by atomic mass is 10.0. The van der Waals surface area contributed by atoms with Crippen LogP contribution in [0.15, 0.2) is 90.0 Å². The minimum atomic E-state index is -0.137. The number of carbonyl (C=O) groups is 1. The Morgan fingerprint density at radius 1 is 0.875 bits per heavy atom. The number of aromatic nitrogens is 1. The molecule has 0 spiro atoms. The fraction of sp³-hybridized carbons (Fsp3) is 0.111. The molecule has 0 atom stereocenters. The Kier molecular flexibility index (Phi) is 5.30. The summed E-state index contributed by atoms with van der Waals surface area (Å²) in [6.07, 6.45) is 1.98. The highest BCUT2D eigenvalue weighted by atomic mass is 16.5. The van der Waals surface area contributed by atoms with Crippen LogP contribution in [0.3, 0.4) is 0 Å². The number of hydrogen-bond donors (Lipinski definition) is 1. The van der Waals surface area contributed by atoms with Gasteiger partial charge in [0.25, 0.3) is 0 Å². The maximum absolute atomic E-state index is 12.5. The largest absolute Gasteiger partial charge is 0.496 e. The Hall–Kier alpha value is -4.12. The Morgan fingerprint density at radius 3 is 2.19 bits per heavy atom. The summed E-state index contributed by atoms with van der Waals surface area (Å²) in [5.41, 5.74) is 5.77. The second-order valence-corrected chi connectivity index (χ2v) is 7.63. The molecule has 0 fully saturated rings. The molecule has 0 saturated heterocycles. The maximum Gasteiger partial charge on any atom is 0.241 e. The molecule has 158 valence electrons. The van der Waals surface area contributed by atoms with Crippen LogP contribution < -0.4 is 10.2 Å². The number of methoxy groups -OCH3 is 1. The molecule has 0 radical (unpaired) electrons. The zero-order valence-electron chi connectivity index (χ0n) is 17.8. The summed E-state index contributed by atoms with van der Waals surface area (Å²) in [7, 11) is 1.63. The number of carbonyl (C=O) groups excluding carboxylic acids is 1. The molecule has 5 nitrogen and oxygen atoms in total. The zero-order chi connectivity index (χ0) is 21.9. The smallest absolute Gasteiger partial charge is 0.241 e. The molecule has 0 aliphatic carbocycles. The highest BCUT2D eigenvalue weighted by Crippen LogP contribution is 2.29. The Morgan fingerprint density at radius 2 is 1.50 bits per heavy atom. The second kappa shape index (κ2) is 8.55. The first kappa shape index (κ1) is 19.8. The number of hydrogen-bond acceptors (Lipinski definition) is 3. The van der Waals surface area contributed by atoms with Crippen molar-refractivity contribution in [2.45, 2.75) is 13.0 Å². The molecule has 32 heavy (non-hydrogen) atoms. The molecule has 1 aromatic heterocycles. The van der Waals surface area contributed by atoms with E-state index in [1.54, 1.807) is 13.3 Å². The van der Waals surface area contributed by atoms with E-state index in [4.69, 9.17) is 4.74 Å². The standard InChI is InChI=1S/C27H23N3O2/c1-32-26-15-14-19-8-2-3-9-20(19)23(26)18-28-29-27(31)16-17-30-24-12-6-4-10-21(24)22-11-5-7-13-25(22)30/h2-15,18H,16-17H2,1H3,(H,29,31)/b28-18-. The lowest BCUT2D eigenvalue weighted by molar-refractivity contribution is -0.121. The van der Waals surface area contributed by atoms with Crippen molar-refractivity contribution in [2.24, 2.45) is 5.10 Å². The van der Waals surface area contributed by atoms with Crippen LogP contribution in [-0.2, 0) is 11.3 Å². The van der Waals surface area contributed by atoms with Gasteiger partial charge in [0.1, 0.15) is 5.75 Å². The van der Waals surface area contributed by atoms with Crippen molar-refractivity contribution < 1.29 is 9.53 Å². The third-order valence-corrected chi connectivity index (χ3v) is 5.78. The number of nitrogens with zero attached hydrogens (tertiary/aromatic N) is 2. The van der Waals surface area contributed by atoms with Gasteiger partial charge in [-0.05, 0) is 29.0 Å². The number of benzene rings is 4. The highest BCUT2D eigenvalue weighted by molar-refractivity contribution is 6.08. The molecule has 4 aromatic carbocycles. The number of rotatable bonds is 6. The molecule has 0 aliphatic heterocycles. The van der Waals surface area contributed by atoms with E-state index < -0.39 is 0 Å². The number of nitrogens with one attached hydrogen (secondary N) is 1. The number of fused-ring (bicyclic) bond motifs is 4. The van der Waals surface area contributed by atoms with Crippen molar-refractivity contribution in [3.63, 3.8) is 0 Å². The first-order valence-corrected chi connectivity index (χ1v) is 10.6. The van der Waals surface area contributed by atoms with Gasteiger partial charge >= 0.3 is 0 Å². The summed E-state index contributed by atoms with van der Waals surface area (Å²) in [6, 6.07) is 28.5. The van der Waals surface area contributed by atoms with Gasteiger partial charge < -0.3 is 9.30 Å². The molecule has 5 aromatic rings. The molecular weight excluding hydrogens is 398 g/mol. The van der Waals surface area contributed by atoms with E-state index in [1.807, 2.05) is 60.7 Å². The van der Waals surface area contributed by atoms with Gasteiger partial charge in [0, 0.05) is 40.3 Å². The second-order valence-electron chi connectivity index (χ2n) is 7.63. The molecule has 0 aliphatic rings. The van der Waals surface area contributed by atoms with Crippen LogP contribution in [-0.4, -0.2) is 23.8 Å². The van der Waals surface area contributed by atoms with Crippen LogP contribution in [0.4, 0.5) is 0 Å². The van der Waals surface area contributed by atoms with Gasteiger partial charge in [-0.2, -0.15) is 5.10 Å². The molecule has 0 saturated carbocycles. The van der Waals surface area contributed by atoms with Crippen molar-refractivity contribution in [1.82, 2.24) is 9.99 Å². The third-order valence-electron chi connectivity index (χ3n) is 5.78. The number of amides is 1. The molecule has 1 N–H and O–H groups in total. The minimum Gasteiger partial charge on any atom is -0.496 e. The molecule has 1 heterocycles. The normalized spacial score (nSPS) is 11.5. The molecule has 1 amide bonds. The number of ether oxygens (including phenoxy) is 1. The maximum atomic E-state index is 12.5. The lowest BCUT2D eigenvalue weighted by Gasteiger charge is -2.09.